The fraction of sp³-hybridized carbons (Fsp3) is 0.263. The molecule has 142 valence electrons. The van der Waals surface area contributed by atoms with Crippen molar-refractivity contribution < 1.29 is 32.2 Å². The van der Waals surface area contributed by atoms with Gasteiger partial charge in [0.2, 0.25) is 0 Å². The monoisotopic (exact) mass is 379 g/mol. The number of amides is 1. The van der Waals surface area contributed by atoms with Crippen LogP contribution in [0.1, 0.15) is 21.5 Å². The van der Waals surface area contributed by atoms with Crippen LogP contribution < -0.4 is 4.74 Å². The summed E-state index contributed by atoms with van der Waals surface area (Å²) in [6.07, 6.45) is -4.07. The topological polar surface area (TPSA) is 55.8 Å². The van der Waals surface area contributed by atoms with Gasteiger partial charge < -0.3 is 14.4 Å². The molecule has 8 heteroatoms. The molecule has 0 unspecified atom stereocenters. The minimum absolute atomic E-state index is 0.0290. The van der Waals surface area contributed by atoms with E-state index in [1.807, 2.05) is 24.3 Å². The number of carbonyl (C=O) groups is 2. The van der Waals surface area contributed by atoms with Crippen LogP contribution in [0.2, 0.25) is 0 Å². The van der Waals surface area contributed by atoms with Gasteiger partial charge in [-0.25, -0.2) is 4.79 Å². The number of halogens is 3. The average molecular weight is 379 g/mol. The lowest BCUT2D eigenvalue weighted by atomic mass is 10.00. The lowest BCUT2D eigenvalue weighted by Gasteiger charge is -2.28. The van der Waals surface area contributed by atoms with Gasteiger partial charge in [0.15, 0.2) is 6.61 Å². The molecule has 2 aromatic rings. The molecule has 1 heterocycles. The van der Waals surface area contributed by atoms with Crippen LogP contribution in [-0.4, -0.2) is 36.3 Å². The molecule has 0 saturated carbocycles. The molecule has 27 heavy (non-hydrogen) atoms. The van der Waals surface area contributed by atoms with E-state index in [1.165, 1.54) is 5.56 Å². The normalized spacial score (nSPS) is 13.7. The quantitative estimate of drug-likeness (QED) is 0.765. The molecule has 1 aliphatic rings. The fourth-order valence-electron chi connectivity index (χ4n) is 2.80. The molecule has 0 N–H and O–H groups in total. The summed E-state index contributed by atoms with van der Waals surface area (Å²) in [4.78, 5) is 25.8. The van der Waals surface area contributed by atoms with E-state index in [0.29, 0.717) is 13.1 Å². The predicted octanol–water partition coefficient (Wildman–Crippen LogP) is 3.33. The van der Waals surface area contributed by atoms with Crippen LogP contribution in [0.5, 0.6) is 5.75 Å². The minimum atomic E-state index is -4.80. The van der Waals surface area contributed by atoms with E-state index in [4.69, 9.17) is 4.74 Å². The maximum atomic E-state index is 12.3. The summed E-state index contributed by atoms with van der Waals surface area (Å²) in [6, 6.07) is 12.1. The molecular weight excluding hydrogens is 363 g/mol. The summed E-state index contributed by atoms with van der Waals surface area (Å²) in [5, 5.41) is 0. The number of esters is 1. The van der Waals surface area contributed by atoms with Crippen LogP contribution in [0.4, 0.5) is 13.2 Å². The fourth-order valence-corrected chi connectivity index (χ4v) is 2.80. The Balaban J connectivity index is 1.52. The van der Waals surface area contributed by atoms with Crippen molar-refractivity contribution in [2.75, 3.05) is 13.2 Å². The van der Waals surface area contributed by atoms with Gasteiger partial charge in [-0.3, -0.25) is 4.79 Å². The summed E-state index contributed by atoms with van der Waals surface area (Å²) in [7, 11) is 0. The highest BCUT2D eigenvalue weighted by molar-refractivity contribution is 5.91. The molecule has 1 aliphatic heterocycles. The van der Waals surface area contributed by atoms with Gasteiger partial charge in [-0.05, 0) is 41.8 Å². The Hall–Kier alpha value is -3.03. The van der Waals surface area contributed by atoms with Crippen molar-refractivity contribution >= 4 is 11.9 Å². The van der Waals surface area contributed by atoms with Crippen LogP contribution in [0.3, 0.4) is 0 Å². The van der Waals surface area contributed by atoms with Crippen molar-refractivity contribution in [3.63, 3.8) is 0 Å². The molecule has 0 fully saturated rings. The number of fused-ring (bicyclic) bond motifs is 1. The van der Waals surface area contributed by atoms with E-state index in [1.54, 1.807) is 4.90 Å². The molecule has 0 saturated heterocycles. The smallest absolute Gasteiger partial charge is 0.452 e. The zero-order valence-electron chi connectivity index (χ0n) is 14.2. The number of ether oxygens (including phenoxy) is 2. The van der Waals surface area contributed by atoms with Crippen molar-refractivity contribution in [3.05, 3.63) is 65.2 Å². The Bertz CT molecular complexity index is 834. The van der Waals surface area contributed by atoms with E-state index >= 15 is 0 Å². The third kappa shape index (κ3) is 4.99. The second kappa shape index (κ2) is 7.69. The SMILES string of the molecule is O=C(OCC(=O)N1CCc2ccccc2C1)c1ccc(OC(F)(F)F)cc1. The first-order valence-electron chi connectivity index (χ1n) is 8.19. The molecule has 0 aliphatic carbocycles. The summed E-state index contributed by atoms with van der Waals surface area (Å²) in [6.45, 7) is 0.564. The van der Waals surface area contributed by atoms with Crippen molar-refractivity contribution in [1.29, 1.82) is 0 Å². The van der Waals surface area contributed by atoms with E-state index < -0.39 is 24.7 Å². The zero-order chi connectivity index (χ0) is 19.4. The van der Waals surface area contributed by atoms with Gasteiger partial charge in [0, 0.05) is 13.1 Å². The van der Waals surface area contributed by atoms with Crippen LogP contribution in [-0.2, 0) is 22.5 Å². The largest absolute Gasteiger partial charge is 0.573 e. The first-order chi connectivity index (χ1) is 12.8. The maximum absolute atomic E-state index is 12.3. The summed E-state index contributed by atoms with van der Waals surface area (Å²) < 4.78 is 45.1. The van der Waals surface area contributed by atoms with Gasteiger partial charge in [0.25, 0.3) is 5.91 Å². The van der Waals surface area contributed by atoms with E-state index in [2.05, 4.69) is 4.74 Å². The first-order valence-corrected chi connectivity index (χ1v) is 8.19. The molecule has 3 rings (SSSR count). The first kappa shape index (κ1) is 18.8. The van der Waals surface area contributed by atoms with Crippen molar-refractivity contribution in [3.8, 4) is 5.75 Å². The van der Waals surface area contributed by atoms with Gasteiger partial charge in [0.1, 0.15) is 5.75 Å². The number of nitrogens with zero attached hydrogens (tertiary/aromatic N) is 1. The second-order valence-electron chi connectivity index (χ2n) is 5.98. The summed E-state index contributed by atoms with van der Waals surface area (Å²) in [5.41, 5.74) is 2.28. The predicted molar refractivity (Wildman–Crippen MR) is 89.0 cm³/mol. The molecule has 0 radical (unpaired) electrons. The minimum Gasteiger partial charge on any atom is -0.452 e. The van der Waals surface area contributed by atoms with Gasteiger partial charge in [-0.2, -0.15) is 0 Å². The third-order valence-electron chi connectivity index (χ3n) is 4.13. The van der Waals surface area contributed by atoms with Gasteiger partial charge in [0.05, 0.1) is 5.56 Å². The number of benzene rings is 2. The van der Waals surface area contributed by atoms with Gasteiger partial charge >= 0.3 is 12.3 Å². The number of hydrogen-bond donors (Lipinski definition) is 0. The average Bonchev–Trinajstić information content (AvgIpc) is 2.64. The van der Waals surface area contributed by atoms with Crippen LogP contribution >= 0.6 is 0 Å². The molecule has 5 nitrogen and oxygen atoms in total. The third-order valence-corrected chi connectivity index (χ3v) is 4.13. The molecule has 1 amide bonds. The number of rotatable bonds is 4. The Morgan fingerprint density at radius 3 is 2.33 bits per heavy atom. The second-order valence-corrected chi connectivity index (χ2v) is 5.98. The van der Waals surface area contributed by atoms with Crippen molar-refractivity contribution in [2.24, 2.45) is 0 Å². The Morgan fingerprint density at radius 2 is 1.67 bits per heavy atom. The lowest BCUT2D eigenvalue weighted by Crippen LogP contribution is -2.38. The summed E-state index contributed by atoms with van der Waals surface area (Å²) >= 11 is 0. The maximum Gasteiger partial charge on any atom is 0.573 e. The zero-order valence-corrected chi connectivity index (χ0v) is 14.2. The molecule has 0 spiro atoms. The van der Waals surface area contributed by atoms with Crippen molar-refractivity contribution in [2.45, 2.75) is 19.3 Å². The Labute approximate surface area is 153 Å². The highest BCUT2D eigenvalue weighted by Gasteiger charge is 2.31. The molecule has 0 bridgehead atoms. The van der Waals surface area contributed by atoms with Crippen LogP contribution in [0.25, 0.3) is 0 Å². The molecular formula is C19H16F3NO4. The van der Waals surface area contributed by atoms with Crippen LogP contribution in [0.15, 0.2) is 48.5 Å². The Kier molecular flexibility index (Phi) is 5.34. The number of carbonyl (C=O) groups excluding carboxylic acids is 2. The van der Waals surface area contributed by atoms with E-state index in [0.717, 1.165) is 36.2 Å². The standard InChI is InChI=1S/C19H16F3NO4/c20-19(21,22)27-16-7-5-14(6-8-16)18(25)26-12-17(24)23-10-9-13-3-1-2-4-15(13)11-23/h1-8H,9-12H2. The summed E-state index contributed by atoms with van der Waals surface area (Å²) in [5.74, 6) is -1.56. The number of hydrogen-bond acceptors (Lipinski definition) is 4. The molecule has 2 aromatic carbocycles. The van der Waals surface area contributed by atoms with E-state index in [9.17, 15) is 22.8 Å². The highest BCUT2D eigenvalue weighted by atomic mass is 19.4. The van der Waals surface area contributed by atoms with Crippen LogP contribution in [0, 0.1) is 0 Å². The highest BCUT2D eigenvalue weighted by Crippen LogP contribution is 2.23. The van der Waals surface area contributed by atoms with Crippen molar-refractivity contribution in [1.82, 2.24) is 4.90 Å². The van der Waals surface area contributed by atoms with Gasteiger partial charge in [-0.15, -0.1) is 13.2 Å². The number of alkyl halides is 3. The lowest BCUT2D eigenvalue weighted by molar-refractivity contribution is -0.274. The Morgan fingerprint density at radius 1 is 1.00 bits per heavy atom. The molecule has 0 aromatic heterocycles. The van der Waals surface area contributed by atoms with E-state index in [-0.39, 0.29) is 11.5 Å². The molecule has 0 atom stereocenters. The van der Waals surface area contributed by atoms with Gasteiger partial charge in [-0.1, -0.05) is 24.3 Å².